The van der Waals surface area contributed by atoms with Crippen LogP contribution in [0.25, 0.3) is 0 Å². The molecule has 2 rings (SSSR count). The molecule has 7 heteroatoms. The highest BCUT2D eigenvalue weighted by Crippen LogP contribution is 2.24. The Hall–Kier alpha value is -1.01. The molecule has 0 saturated carbocycles. The van der Waals surface area contributed by atoms with Crippen LogP contribution in [0.15, 0.2) is 24.3 Å². The lowest BCUT2D eigenvalue weighted by atomic mass is 10.1. The van der Waals surface area contributed by atoms with Crippen LogP contribution in [-0.2, 0) is 4.79 Å². The average Bonchev–Trinajstić information content (AvgIpc) is 2.59. The summed E-state index contributed by atoms with van der Waals surface area (Å²) in [5.74, 6) is 1.12. The Bertz CT molecular complexity index is 494. The number of amides is 1. The van der Waals surface area contributed by atoms with Crippen molar-refractivity contribution in [3.8, 4) is 5.75 Å². The van der Waals surface area contributed by atoms with Crippen molar-refractivity contribution in [2.75, 3.05) is 39.8 Å². The number of hydrogen-bond donors (Lipinski definition) is 1. The number of rotatable bonds is 6. The van der Waals surface area contributed by atoms with Crippen LogP contribution in [0.2, 0.25) is 0 Å². The van der Waals surface area contributed by atoms with Crippen molar-refractivity contribution in [2.45, 2.75) is 25.8 Å². The summed E-state index contributed by atoms with van der Waals surface area (Å²) in [4.78, 5) is 16.4. The molecule has 1 aliphatic rings. The first-order chi connectivity index (χ1) is 10.7. The third-order valence-electron chi connectivity index (χ3n) is 4.39. The zero-order chi connectivity index (χ0) is 15.9. The summed E-state index contributed by atoms with van der Waals surface area (Å²) in [7, 11) is 1.69. The fourth-order valence-corrected chi connectivity index (χ4v) is 2.88. The van der Waals surface area contributed by atoms with Crippen LogP contribution in [0, 0.1) is 0 Å². The first-order valence-electron chi connectivity index (χ1n) is 8.01. The molecule has 0 aliphatic carbocycles. The van der Waals surface area contributed by atoms with E-state index in [1.807, 2.05) is 17.0 Å². The van der Waals surface area contributed by atoms with Gasteiger partial charge in [-0.1, -0.05) is 12.1 Å². The van der Waals surface area contributed by atoms with Gasteiger partial charge in [-0.2, -0.15) is 0 Å². The fraction of sp³-hybridized carbons (Fsp3) is 0.588. The highest BCUT2D eigenvalue weighted by atomic mass is 35.5. The molecule has 0 spiro atoms. The number of carbonyl (C=O) groups is 1. The molecular weight excluding hydrogens is 349 g/mol. The Morgan fingerprint density at radius 1 is 1.25 bits per heavy atom. The van der Waals surface area contributed by atoms with Gasteiger partial charge in [-0.3, -0.25) is 9.69 Å². The Kier molecular flexibility index (Phi) is 11.0. The van der Waals surface area contributed by atoms with Crippen LogP contribution in [0.3, 0.4) is 0 Å². The summed E-state index contributed by atoms with van der Waals surface area (Å²) in [6, 6.07) is 8.54. The smallest absolute Gasteiger partial charge is 0.222 e. The van der Waals surface area contributed by atoms with Gasteiger partial charge >= 0.3 is 0 Å². The molecule has 1 unspecified atom stereocenters. The average molecular weight is 378 g/mol. The van der Waals surface area contributed by atoms with E-state index in [9.17, 15) is 4.79 Å². The van der Waals surface area contributed by atoms with E-state index in [-0.39, 0.29) is 30.7 Å². The van der Waals surface area contributed by atoms with Gasteiger partial charge in [0.2, 0.25) is 5.91 Å². The van der Waals surface area contributed by atoms with Gasteiger partial charge in [0.15, 0.2) is 0 Å². The van der Waals surface area contributed by atoms with Crippen molar-refractivity contribution >= 4 is 30.7 Å². The largest absolute Gasteiger partial charge is 0.497 e. The fourth-order valence-electron chi connectivity index (χ4n) is 2.88. The monoisotopic (exact) mass is 377 g/mol. The second kappa shape index (κ2) is 11.5. The Balaban J connectivity index is 0.00000264. The van der Waals surface area contributed by atoms with Crippen molar-refractivity contribution in [1.82, 2.24) is 9.80 Å². The molecule has 1 aromatic rings. The molecule has 1 saturated heterocycles. The number of nitrogens with two attached hydrogens (primary N) is 1. The van der Waals surface area contributed by atoms with Crippen LogP contribution in [0.4, 0.5) is 0 Å². The third-order valence-corrected chi connectivity index (χ3v) is 4.39. The summed E-state index contributed by atoms with van der Waals surface area (Å²) in [5, 5.41) is 0. The molecule has 1 aliphatic heterocycles. The summed E-state index contributed by atoms with van der Waals surface area (Å²) in [6.45, 7) is 6.22. The van der Waals surface area contributed by atoms with E-state index in [1.54, 1.807) is 7.11 Å². The van der Waals surface area contributed by atoms with E-state index in [2.05, 4.69) is 24.0 Å². The van der Waals surface area contributed by atoms with Crippen LogP contribution in [-0.4, -0.2) is 55.5 Å². The summed E-state index contributed by atoms with van der Waals surface area (Å²) in [6.07, 6.45) is 1.35. The Morgan fingerprint density at radius 2 is 1.92 bits per heavy atom. The first kappa shape index (κ1) is 23.0. The van der Waals surface area contributed by atoms with Gasteiger partial charge in [0.1, 0.15) is 5.75 Å². The predicted octanol–water partition coefficient (Wildman–Crippen LogP) is 2.48. The summed E-state index contributed by atoms with van der Waals surface area (Å²) < 4.78 is 5.30. The lowest BCUT2D eigenvalue weighted by molar-refractivity contribution is -0.133. The topological polar surface area (TPSA) is 58.8 Å². The van der Waals surface area contributed by atoms with Crippen LogP contribution in [0.5, 0.6) is 5.75 Å². The Morgan fingerprint density at radius 3 is 2.50 bits per heavy atom. The maximum atomic E-state index is 12.0. The zero-order valence-corrected chi connectivity index (χ0v) is 16.1. The normalized spacial score (nSPS) is 15.9. The van der Waals surface area contributed by atoms with Gasteiger partial charge in [0.05, 0.1) is 7.11 Å². The van der Waals surface area contributed by atoms with Gasteiger partial charge in [0, 0.05) is 38.6 Å². The summed E-state index contributed by atoms with van der Waals surface area (Å²) >= 11 is 0. The van der Waals surface area contributed by atoms with Gasteiger partial charge in [-0.15, -0.1) is 24.8 Å². The standard InChI is InChI=1S/C17H27N3O2.2ClH/c1-14(15-5-3-6-16(13-15)22-2)19-9-11-20(12-10-19)17(21)7-4-8-18;;/h3,5-6,13-14H,4,7-12,18H2,1-2H3;2*1H. The van der Waals surface area contributed by atoms with Crippen molar-refractivity contribution in [3.05, 3.63) is 29.8 Å². The molecule has 1 fully saturated rings. The van der Waals surface area contributed by atoms with Crippen molar-refractivity contribution in [2.24, 2.45) is 5.73 Å². The Labute approximate surface area is 157 Å². The molecule has 0 bridgehead atoms. The maximum absolute atomic E-state index is 12.0. The molecule has 138 valence electrons. The molecule has 1 heterocycles. The zero-order valence-electron chi connectivity index (χ0n) is 14.4. The number of piperazine rings is 1. The number of carbonyl (C=O) groups excluding carboxylic acids is 1. The second-order valence-electron chi connectivity index (χ2n) is 5.76. The van der Waals surface area contributed by atoms with E-state index in [4.69, 9.17) is 10.5 Å². The molecule has 1 atom stereocenters. The number of hydrogen-bond acceptors (Lipinski definition) is 4. The van der Waals surface area contributed by atoms with Crippen LogP contribution >= 0.6 is 24.8 Å². The van der Waals surface area contributed by atoms with Crippen molar-refractivity contribution in [1.29, 1.82) is 0 Å². The van der Waals surface area contributed by atoms with E-state index < -0.39 is 0 Å². The summed E-state index contributed by atoms with van der Waals surface area (Å²) in [5.41, 5.74) is 6.72. The lowest BCUT2D eigenvalue weighted by Gasteiger charge is -2.38. The molecule has 1 aromatic carbocycles. The third kappa shape index (κ3) is 6.13. The minimum atomic E-state index is 0. The number of benzene rings is 1. The molecule has 24 heavy (non-hydrogen) atoms. The van der Waals surface area contributed by atoms with Crippen LogP contribution in [0.1, 0.15) is 31.4 Å². The highest BCUT2D eigenvalue weighted by molar-refractivity contribution is 5.85. The molecular formula is C17H29Cl2N3O2. The predicted molar refractivity (Wildman–Crippen MR) is 102 cm³/mol. The lowest BCUT2D eigenvalue weighted by Crippen LogP contribution is -2.49. The minimum Gasteiger partial charge on any atom is -0.497 e. The minimum absolute atomic E-state index is 0. The molecule has 1 amide bonds. The van der Waals surface area contributed by atoms with Gasteiger partial charge in [-0.05, 0) is 37.6 Å². The SMILES string of the molecule is COc1cccc(C(C)N2CCN(C(=O)CCCN)CC2)c1.Cl.Cl. The highest BCUT2D eigenvalue weighted by Gasteiger charge is 2.24. The van der Waals surface area contributed by atoms with E-state index in [0.717, 1.165) is 38.3 Å². The van der Waals surface area contributed by atoms with Gasteiger partial charge in [0.25, 0.3) is 0 Å². The van der Waals surface area contributed by atoms with Gasteiger partial charge < -0.3 is 15.4 Å². The van der Waals surface area contributed by atoms with E-state index in [0.29, 0.717) is 19.0 Å². The molecule has 0 aromatic heterocycles. The maximum Gasteiger partial charge on any atom is 0.222 e. The number of nitrogens with zero attached hydrogens (tertiary/aromatic N) is 2. The van der Waals surface area contributed by atoms with E-state index in [1.165, 1.54) is 5.56 Å². The van der Waals surface area contributed by atoms with Crippen LogP contribution < -0.4 is 10.5 Å². The van der Waals surface area contributed by atoms with E-state index >= 15 is 0 Å². The second-order valence-corrected chi connectivity index (χ2v) is 5.76. The molecule has 0 radical (unpaired) electrons. The number of methoxy groups -OCH3 is 1. The number of halogens is 2. The molecule has 5 nitrogen and oxygen atoms in total. The number of ether oxygens (including phenoxy) is 1. The van der Waals surface area contributed by atoms with Crippen molar-refractivity contribution in [3.63, 3.8) is 0 Å². The first-order valence-corrected chi connectivity index (χ1v) is 8.01. The quantitative estimate of drug-likeness (QED) is 0.826. The van der Waals surface area contributed by atoms with Crippen molar-refractivity contribution < 1.29 is 9.53 Å². The van der Waals surface area contributed by atoms with Gasteiger partial charge in [-0.25, -0.2) is 0 Å². The molecule has 2 N–H and O–H groups in total.